The van der Waals surface area contributed by atoms with Gasteiger partial charge in [-0.2, -0.15) is 5.10 Å². The van der Waals surface area contributed by atoms with Crippen molar-refractivity contribution in [1.82, 2.24) is 9.78 Å². The molecule has 21 heavy (non-hydrogen) atoms. The Morgan fingerprint density at radius 1 is 1.14 bits per heavy atom. The minimum absolute atomic E-state index is 0.344. The summed E-state index contributed by atoms with van der Waals surface area (Å²) in [6.45, 7) is 3.95. The lowest BCUT2D eigenvalue weighted by Gasteiger charge is -2.04. The van der Waals surface area contributed by atoms with Crippen molar-refractivity contribution in [1.29, 1.82) is 0 Å². The second-order valence-corrected chi connectivity index (χ2v) is 5.85. The molecule has 0 aliphatic rings. The number of aromatic carboxylic acids is 1. The van der Waals surface area contributed by atoms with Gasteiger partial charge in [-0.15, -0.1) is 11.3 Å². The van der Waals surface area contributed by atoms with E-state index in [9.17, 15) is 4.79 Å². The number of aromatic nitrogens is 2. The van der Waals surface area contributed by atoms with Crippen molar-refractivity contribution in [2.75, 3.05) is 0 Å². The molecule has 106 valence electrons. The Hall–Kier alpha value is -2.40. The van der Waals surface area contributed by atoms with Crippen LogP contribution >= 0.6 is 11.3 Å². The first-order valence-electron chi connectivity index (χ1n) is 6.53. The summed E-state index contributed by atoms with van der Waals surface area (Å²) in [6.07, 6.45) is 0. The van der Waals surface area contributed by atoms with Gasteiger partial charge in [-0.05, 0) is 38.1 Å². The van der Waals surface area contributed by atoms with Gasteiger partial charge >= 0.3 is 5.97 Å². The van der Waals surface area contributed by atoms with Crippen LogP contribution < -0.4 is 0 Å². The number of carbonyl (C=O) groups is 1. The van der Waals surface area contributed by atoms with Gasteiger partial charge in [0, 0.05) is 10.4 Å². The molecule has 0 spiro atoms. The smallest absolute Gasteiger partial charge is 0.345 e. The largest absolute Gasteiger partial charge is 0.477 e. The van der Waals surface area contributed by atoms with Gasteiger partial charge in [0.25, 0.3) is 0 Å². The fourth-order valence-corrected chi connectivity index (χ4v) is 3.40. The second-order valence-electron chi connectivity index (χ2n) is 4.76. The molecule has 0 radical (unpaired) electrons. The number of thiophene rings is 1. The van der Waals surface area contributed by atoms with Crippen LogP contribution in [0.1, 0.15) is 21.1 Å². The number of hydrogen-bond acceptors (Lipinski definition) is 3. The van der Waals surface area contributed by atoms with Crippen molar-refractivity contribution in [3.63, 3.8) is 0 Å². The van der Waals surface area contributed by atoms with Crippen LogP contribution in [0.5, 0.6) is 0 Å². The highest BCUT2D eigenvalue weighted by molar-refractivity contribution is 7.17. The van der Waals surface area contributed by atoms with Crippen molar-refractivity contribution in [3.8, 4) is 16.1 Å². The summed E-state index contributed by atoms with van der Waals surface area (Å²) < 4.78 is 1.89. The quantitative estimate of drug-likeness (QED) is 0.797. The van der Waals surface area contributed by atoms with Crippen LogP contribution in [0.3, 0.4) is 0 Å². The van der Waals surface area contributed by atoms with Gasteiger partial charge in [0.05, 0.1) is 17.1 Å². The van der Waals surface area contributed by atoms with Gasteiger partial charge < -0.3 is 5.11 Å². The molecule has 5 heteroatoms. The SMILES string of the molecule is Cc1nn(-c2ccccc2)c(C)c1-c1ccc(C(=O)O)s1. The van der Waals surface area contributed by atoms with E-state index in [1.165, 1.54) is 11.3 Å². The summed E-state index contributed by atoms with van der Waals surface area (Å²) in [5.74, 6) is -0.892. The number of hydrogen-bond donors (Lipinski definition) is 1. The van der Waals surface area contributed by atoms with Crippen molar-refractivity contribution < 1.29 is 9.90 Å². The molecule has 1 N–H and O–H groups in total. The fraction of sp³-hybridized carbons (Fsp3) is 0.125. The maximum Gasteiger partial charge on any atom is 0.345 e. The molecule has 0 aliphatic heterocycles. The van der Waals surface area contributed by atoms with Crippen molar-refractivity contribution in [3.05, 3.63) is 58.7 Å². The van der Waals surface area contributed by atoms with Crippen molar-refractivity contribution in [2.45, 2.75) is 13.8 Å². The van der Waals surface area contributed by atoms with E-state index in [0.717, 1.165) is 27.5 Å². The molecule has 0 saturated carbocycles. The zero-order valence-electron chi connectivity index (χ0n) is 11.7. The zero-order chi connectivity index (χ0) is 15.0. The molecular formula is C16H14N2O2S. The highest BCUT2D eigenvalue weighted by Crippen LogP contribution is 2.33. The Morgan fingerprint density at radius 2 is 1.86 bits per heavy atom. The highest BCUT2D eigenvalue weighted by atomic mass is 32.1. The third-order valence-corrected chi connectivity index (χ3v) is 4.45. The molecule has 0 saturated heterocycles. The second kappa shape index (κ2) is 5.18. The zero-order valence-corrected chi connectivity index (χ0v) is 12.5. The summed E-state index contributed by atoms with van der Waals surface area (Å²) in [5, 5.41) is 13.6. The maximum atomic E-state index is 11.0. The average molecular weight is 298 g/mol. The number of benzene rings is 1. The van der Waals surface area contributed by atoms with Gasteiger partial charge in [-0.25, -0.2) is 9.48 Å². The molecule has 2 aromatic heterocycles. The van der Waals surface area contributed by atoms with Crippen LogP contribution in [-0.4, -0.2) is 20.9 Å². The van der Waals surface area contributed by atoms with Crippen LogP contribution in [0.2, 0.25) is 0 Å². The number of nitrogens with zero attached hydrogens (tertiary/aromatic N) is 2. The summed E-state index contributed by atoms with van der Waals surface area (Å²) >= 11 is 1.28. The Balaban J connectivity index is 2.12. The molecule has 2 heterocycles. The Morgan fingerprint density at radius 3 is 2.48 bits per heavy atom. The summed E-state index contributed by atoms with van der Waals surface area (Å²) in [6, 6.07) is 13.4. The topological polar surface area (TPSA) is 55.1 Å². The van der Waals surface area contributed by atoms with E-state index >= 15 is 0 Å². The van der Waals surface area contributed by atoms with E-state index in [1.807, 2.05) is 54.9 Å². The van der Waals surface area contributed by atoms with Gasteiger partial charge in [-0.1, -0.05) is 18.2 Å². The lowest BCUT2D eigenvalue weighted by atomic mass is 10.1. The maximum absolute atomic E-state index is 11.0. The van der Waals surface area contributed by atoms with Crippen molar-refractivity contribution in [2.24, 2.45) is 0 Å². The molecule has 4 nitrogen and oxygen atoms in total. The van der Waals surface area contributed by atoms with Crippen LogP contribution in [0.4, 0.5) is 0 Å². The number of carboxylic acids is 1. The average Bonchev–Trinajstić information content (AvgIpc) is 3.05. The lowest BCUT2D eigenvalue weighted by Crippen LogP contribution is -1.98. The highest BCUT2D eigenvalue weighted by Gasteiger charge is 2.17. The third kappa shape index (κ3) is 2.36. The third-order valence-electron chi connectivity index (χ3n) is 3.36. The van der Waals surface area contributed by atoms with Crippen LogP contribution in [-0.2, 0) is 0 Å². The standard InChI is InChI=1S/C16H14N2O2S/c1-10-15(13-8-9-14(21-13)16(19)20)11(2)18(17-10)12-6-4-3-5-7-12/h3-9H,1-2H3,(H,19,20). The summed E-state index contributed by atoms with van der Waals surface area (Å²) in [4.78, 5) is 12.3. The first kappa shape index (κ1) is 13.6. The Kier molecular flexibility index (Phi) is 3.35. The van der Waals surface area contributed by atoms with E-state index in [-0.39, 0.29) is 0 Å². The number of rotatable bonds is 3. The van der Waals surface area contributed by atoms with E-state index in [4.69, 9.17) is 5.11 Å². The van der Waals surface area contributed by atoms with Crippen LogP contribution in [0.25, 0.3) is 16.1 Å². The van der Waals surface area contributed by atoms with Crippen molar-refractivity contribution >= 4 is 17.3 Å². The first-order chi connectivity index (χ1) is 10.1. The number of aryl methyl sites for hydroxylation is 1. The Labute approximate surface area is 126 Å². The predicted octanol–water partition coefficient (Wildman–Crippen LogP) is 3.92. The molecule has 0 amide bonds. The normalized spacial score (nSPS) is 10.8. The molecular weight excluding hydrogens is 284 g/mol. The fourth-order valence-electron chi connectivity index (χ4n) is 2.41. The van der Waals surface area contributed by atoms with Crippen LogP contribution in [0, 0.1) is 13.8 Å². The van der Waals surface area contributed by atoms with Crippen LogP contribution in [0.15, 0.2) is 42.5 Å². The molecule has 1 aromatic carbocycles. The molecule has 0 unspecified atom stereocenters. The summed E-state index contributed by atoms with van der Waals surface area (Å²) in [7, 11) is 0. The van der Waals surface area contributed by atoms with Gasteiger partial charge in [0.15, 0.2) is 0 Å². The predicted molar refractivity (Wildman–Crippen MR) is 83.3 cm³/mol. The lowest BCUT2D eigenvalue weighted by molar-refractivity contribution is 0.0702. The molecule has 0 aliphatic carbocycles. The molecule has 0 fully saturated rings. The van der Waals surface area contributed by atoms with Gasteiger partial charge in [-0.3, -0.25) is 0 Å². The first-order valence-corrected chi connectivity index (χ1v) is 7.34. The molecule has 3 aromatic rings. The number of para-hydroxylation sites is 1. The minimum Gasteiger partial charge on any atom is -0.477 e. The molecule has 3 rings (SSSR count). The Bertz CT molecular complexity index is 803. The van der Waals surface area contributed by atoms with Gasteiger partial charge in [0.1, 0.15) is 4.88 Å². The van der Waals surface area contributed by atoms with E-state index in [2.05, 4.69) is 5.10 Å². The van der Waals surface area contributed by atoms with E-state index in [0.29, 0.717) is 4.88 Å². The van der Waals surface area contributed by atoms with E-state index in [1.54, 1.807) is 6.07 Å². The van der Waals surface area contributed by atoms with E-state index < -0.39 is 5.97 Å². The molecule has 0 atom stereocenters. The monoisotopic (exact) mass is 298 g/mol. The summed E-state index contributed by atoms with van der Waals surface area (Å²) in [5.41, 5.74) is 3.92. The minimum atomic E-state index is -0.892. The molecule has 0 bridgehead atoms. The van der Waals surface area contributed by atoms with Gasteiger partial charge in [0.2, 0.25) is 0 Å². The number of carboxylic acid groups (broad SMARTS) is 1.